The second-order valence-electron chi connectivity index (χ2n) is 5.21. The van der Waals surface area contributed by atoms with Crippen molar-refractivity contribution in [3.63, 3.8) is 0 Å². The maximum Gasteiger partial charge on any atom is 0.222 e. The van der Waals surface area contributed by atoms with Crippen LogP contribution in [0.25, 0.3) is 0 Å². The Morgan fingerprint density at radius 1 is 1.42 bits per heavy atom. The number of nitriles is 1. The Morgan fingerprint density at radius 2 is 2.12 bits per heavy atom. The molecule has 0 aliphatic carbocycles. The molecule has 24 heavy (non-hydrogen) atoms. The standard InChI is InChI=1S/C16H20ClN5OS/c1-3-15(23)22-8-6-21(7-9-22)14-5-4-12(10-13(14)17)20-16(24-2)19-11-18/h4-5,10H,3,6-9H2,1-2H3,(H,19,20). The lowest BCUT2D eigenvalue weighted by atomic mass is 10.2. The number of rotatable bonds is 3. The minimum absolute atomic E-state index is 0.194. The lowest BCUT2D eigenvalue weighted by Crippen LogP contribution is -2.48. The quantitative estimate of drug-likeness (QED) is 0.386. The molecule has 1 amide bonds. The second kappa shape index (κ2) is 8.81. The summed E-state index contributed by atoms with van der Waals surface area (Å²) in [6.07, 6.45) is 4.25. The van der Waals surface area contributed by atoms with Gasteiger partial charge in [0, 0.05) is 32.6 Å². The van der Waals surface area contributed by atoms with Crippen molar-refractivity contribution in [2.75, 3.05) is 37.3 Å². The van der Waals surface area contributed by atoms with E-state index in [0.29, 0.717) is 35.4 Å². The summed E-state index contributed by atoms with van der Waals surface area (Å²) in [5.41, 5.74) is 1.63. The van der Waals surface area contributed by atoms with Gasteiger partial charge in [-0.3, -0.25) is 10.1 Å². The van der Waals surface area contributed by atoms with Gasteiger partial charge in [0.2, 0.25) is 5.91 Å². The number of halogens is 1. The summed E-state index contributed by atoms with van der Waals surface area (Å²) in [4.78, 5) is 20.2. The molecular formula is C16H20ClN5OS. The van der Waals surface area contributed by atoms with Crippen LogP contribution in [0.15, 0.2) is 23.2 Å². The Morgan fingerprint density at radius 3 is 2.67 bits per heavy atom. The zero-order chi connectivity index (χ0) is 17.5. The smallest absolute Gasteiger partial charge is 0.222 e. The van der Waals surface area contributed by atoms with Gasteiger partial charge in [-0.15, -0.1) is 0 Å². The number of amides is 1. The third kappa shape index (κ3) is 4.56. The van der Waals surface area contributed by atoms with Crippen LogP contribution in [0, 0.1) is 11.5 Å². The van der Waals surface area contributed by atoms with E-state index in [2.05, 4.69) is 15.2 Å². The van der Waals surface area contributed by atoms with Crippen molar-refractivity contribution in [1.29, 1.82) is 5.26 Å². The van der Waals surface area contributed by atoms with Crippen LogP contribution in [-0.4, -0.2) is 48.4 Å². The molecule has 8 heteroatoms. The van der Waals surface area contributed by atoms with Crippen molar-refractivity contribution in [3.8, 4) is 6.19 Å². The molecule has 1 aromatic carbocycles. The van der Waals surface area contributed by atoms with E-state index in [1.807, 2.05) is 36.4 Å². The van der Waals surface area contributed by atoms with Crippen LogP contribution in [0.4, 0.5) is 11.4 Å². The fourth-order valence-electron chi connectivity index (χ4n) is 2.53. The molecule has 0 unspecified atom stereocenters. The molecule has 1 heterocycles. The Bertz CT molecular complexity index is 665. The van der Waals surface area contributed by atoms with Gasteiger partial charge in [0.25, 0.3) is 0 Å². The minimum atomic E-state index is 0.194. The van der Waals surface area contributed by atoms with E-state index >= 15 is 0 Å². The molecule has 1 aromatic rings. The van der Waals surface area contributed by atoms with Crippen molar-refractivity contribution >= 4 is 45.8 Å². The number of aliphatic imine (C=N–C) groups is 1. The Balaban J connectivity index is 2.08. The van der Waals surface area contributed by atoms with Crippen LogP contribution in [0.1, 0.15) is 13.3 Å². The second-order valence-corrected chi connectivity index (χ2v) is 6.42. The number of amidine groups is 1. The molecule has 1 saturated heterocycles. The minimum Gasteiger partial charge on any atom is -0.367 e. The summed E-state index contributed by atoms with van der Waals surface area (Å²) >= 11 is 7.77. The molecule has 6 nitrogen and oxygen atoms in total. The zero-order valence-corrected chi connectivity index (χ0v) is 15.3. The van der Waals surface area contributed by atoms with Crippen molar-refractivity contribution in [2.45, 2.75) is 13.3 Å². The Labute approximate surface area is 151 Å². The predicted molar refractivity (Wildman–Crippen MR) is 99.9 cm³/mol. The highest BCUT2D eigenvalue weighted by atomic mass is 35.5. The molecule has 1 aliphatic heterocycles. The number of carbonyl (C=O) groups is 1. The van der Waals surface area contributed by atoms with Gasteiger partial charge < -0.3 is 9.80 Å². The van der Waals surface area contributed by atoms with E-state index in [4.69, 9.17) is 16.9 Å². The zero-order valence-electron chi connectivity index (χ0n) is 13.8. The van der Waals surface area contributed by atoms with Crippen LogP contribution in [0.2, 0.25) is 5.02 Å². The Kier molecular flexibility index (Phi) is 6.76. The lowest BCUT2D eigenvalue weighted by Gasteiger charge is -2.36. The van der Waals surface area contributed by atoms with Crippen LogP contribution in [0.3, 0.4) is 0 Å². The molecule has 0 atom stereocenters. The first-order valence-electron chi connectivity index (χ1n) is 7.69. The maximum absolute atomic E-state index is 11.7. The molecular weight excluding hydrogens is 346 g/mol. The number of hydrogen-bond donors (Lipinski definition) is 1. The van der Waals surface area contributed by atoms with E-state index in [0.717, 1.165) is 18.8 Å². The summed E-state index contributed by atoms with van der Waals surface area (Å²) in [7, 11) is 0. The molecule has 128 valence electrons. The van der Waals surface area contributed by atoms with E-state index in [1.165, 1.54) is 11.8 Å². The maximum atomic E-state index is 11.7. The first-order valence-corrected chi connectivity index (χ1v) is 9.29. The van der Waals surface area contributed by atoms with Crippen molar-refractivity contribution in [3.05, 3.63) is 23.2 Å². The van der Waals surface area contributed by atoms with Gasteiger partial charge in [-0.1, -0.05) is 30.3 Å². The third-order valence-corrected chi connectivity index (χ3v) is 4.68. The monoisotopic (exact) mass is 365 g/mol. The molecule has 0 bridgehead atoms. The number of hydrogen-bond acceptors (Lipinski definition) is 5. The topological polar surface area (TPSA) is 71.7 Å². The molecule has 0 saturated carbocycles. The molecule has 1 fully saturated rings. The summed E-state index contributed by atoms with van der Waals surface area (Å²) < 4.78 is 0. The van der Waals surface area contributed by atoms with Crippen molar-refractivity contribution in [1.82, 2.24) is 10.2 Å². The molecule has 0 spiro atoms. The van der Waals surface area contributed by atoms with E-state index in [-0.39, 0.29) is 5.91 Å². The van der Waals surface area contributed by atoms with Crippen molar-refractivity contribution in [2.24, 2.45) is 4.99 Å². The average Bonchev–Trinajstić information content (AvgIpc) is 2.61. The van der Waals surface area contributed by atoms with Gasteiger partial charge in [0.15, 0.2) is 11.4 Å². The SMILES string of the molecule is CCC(=O)N1CCN(c2ccc(N=C(NC#N)SC)cc2Cl)CC1. The molecule has 0 aromatic heterocycles. The largest absolute Gasteiger partial charge is 0.367 e. The molecule has 1 N–H and O–H groups in total. The number of carbonyl (C=O) groups excluding carboxylic acids is 1. The normalized spacial score (nSPS) is 15.2. The summed E-state index contributed by atoms with van der Waals surface area (Å²) in [5.74, 6) is 0.194. The summed E-state index contributed by atoms with van der Waals surface area (Å²) in [5, 5.41) is 12.3. The van der Waals surface area contributed by atoms with Crippen LogP contribution in [-0.2, 0) is 4.79 Å². The van der Waals surface area contributed by atoms with Crippen LogP contribution in [0.5, 0.6) is 0 Å². The van der Waals surface area contributed by atoms with Gasteiger partial charge in [-0.05, 0) is 24.5 Å². The summed E-state index contributed by atoms with van der Waals surface area (Å²) in [6.45, 7) is 4.84. The number of nitrogens with zero attached hydrogens (tertiary/aromatic N) is 4. The number of piperazine rings is 1. The first-order chi connectivity index (χ1) is 11.6. The molecule has 2 rings (SSSR count). The van der Waals surface area contributed by atoms with Gasteiger partial charge in [-0.2, -0.15) is 5.26 Å². The van der Waals surface area contributed by atoms with E-state index in [1.54, 1.807) is 6.07 Å². The highest BCUT2D eigenvalue weighted by Crippen LogP contribution is 2.31. The van der Waals surface area contributed by atoms with E-state index in [9.17, 15) is 4.79 Å². The number of anilines is 1. The van der Waals surface area contributed by atoms with Gasteiger partial charge in [0.05, 0.1) is 16.4 Å². The Hall–Kier alpha value is -1.91. The fourth-order valence-corrected chi connectivity index (χ4v) is 3.17. The van der Waals surface area contributed by atoms with Crippen LogP contribution >= 0.6 is 23.4 Å². The highest BCUT2D eigenvalue weighted by molar-refractivity contribution is 8.13. The van der Waals surface area contributed by atoms with Gasteiger partial charge >= 0.3 is 0 Å². The van der Waals surface area contributed by atoms with Crippen molar-refractivity contribution < 1.29 is 4.79 Å². The summed E-state index contributed by atoms with van der Waals surface area (Å²) in [6, 6.07) is 5.60. The number of nitrogens with one attached hydrogen (secondary N) is 1. The highest BCUT2D eigenvalue weighted by Gasteiger charge is 2.21. The molecule has 0 radical (unpaired) electrons. The number of benzene rings is 1. The average molecular weight is 366 g/mol. The first kappa shape index (κ1) is 18.4. The van der Waals surface area contributed by atoms with Gasteiger partial charge in [0.1, 0.15) is 0 Å². The fraction of sp³-hybridized carbons (Fsp3) is 0.438. The van der Waals surface area contributed by atoms with E-state index < -0.39 is 0 Å². The predicted octanol–water partition coefficient (Wildman–Crippen LogP) is 2.82. The van der Waals surface area contributed by atoms with Crippen LogP contribution < -0.4 is 10.2 Å². The van der Waals surface area contributed by atoms with Gasteiger partial charge in [-0.25, -0.2) is 4.99 Å². The number of thioether (sulfide) groups is 1. The lowest BCUT2D eigenvalue weighted by molar-refractivity contribution is -0.131. The molecule has 1 aliphatic rings. The third-order valence-electron chi connectivity index (χ3n) is 3.79.